The molecule has 0 unspecified atom stereocenters. The van der Waals surface area contributed by atoms with Gasteiger partial charge >= 0.3 is 0 Å². The van der Waals surface area contributed by atoms with E-state index in [1.807, 2.05) is 0 Å². The summed E-state index contributed by atoms with van der Waals surface area (Å²) in [5.41, 5.74) is 17.3. The van der Waals surface area contributed by atoms with E-state index in [-0.39, 0.29) is 0 Å². The van der Waals surface area contributed by atoms with Crippen molar-refractivity contribution in [2.75, 3.05) is 9.80 Å². The molecule has 0 aliphatic carbocycles. The van der Waals surface area contributed by atoms with Gasteiger partial charge in [0.05, 0.1) is 16.8 Å². The SMILES string of the molecule is c1ccc(-c2ccc(-c3ccc(N(c4ccccc4)c4cc(N(c5ccccc5)c5ccc(-c6ccc(-c7cccc8ccccc78)cc6)cc5)c5c(c4)oc4c6ccccc6ccc45)cc3)cc2)cc1. The van der Waals surface area contributed by atoms with Crippen LogP contribution in [0.4, 0.5) is 34.1 Å². The van der Waals surface area contributed by atoms with Gasteiger partial charge in [-0.15, -0.1) is 0 Å². The predicted octanol–water partition coefficient (Wildman–Crippen LogP) is 19.5. The smallest absolute Gasteiger partial charge is 0.143 e. The van der Waals surface area contributed by atoms with E-state index < -0.39 is 0 Å². The first-order valence-corrected chi connectivity index (χ1v) is 24.2. The Morgan fingerprint density at radius 2 is 0.676 bits per heavy atom. The summed E-state index contributed by atoms with van der Waals surface area (Å²) in [6, 6.07) is 100. The van der Waals surface area contributed by atoms with Gasteiger partial charge in [0, 0.05) is 39.6 Å². The molecule has 0 atom stereocenters. The molecule has 0 spiro atoms. The Kier molecular flexibility index (Phi) is 10.5. The van der Waals surface area contributed by atoms with E-state index in [2.05, 4.69) is 289 Å². The van der Waals surface area contributed by atoms with Crippen molar-refractivity contribution in [2.45, 2.75) is 0 Å². The summed E-state index contributed by atoms with van der Waals surface area (Å²) in [6.45, 7) is 0. The number of hydrogen-bond acceptors (Lipinski definition) is 3. The van der Waals surface area contributed by atoms with Crippen LogP contribution in [0.25, 0.3) is 88.0 Å². The van der Waals surface area contributed by atoms with Gasteiger partial charge < -0.3 is 14.2 Å². The second kappa shape index (κ2) is 17.9. The van der Waals surface area contributed by atoms with Gasteiger partial charge in [-0.25, -0.2) is 0 Å². The molecule has 71 heavy (non-hydrogen) atoms. The maximum Gasteiger partial charge on any atom is 0.143 e. The molecule has 1 aromatic heterocycles. The summed E-state index contributed by atoms with van der Waals surface area (Å²) in [4.78, 5) is 4.72. The highest BCUT2D eigenvalue weighted by atomic mass is 16.3. The van der Waals surface area contributed by atoms with Crippen molar-refractivity contribution >= 4 is 77.6 Å². The predicted molar refractivity (Wildman–Crippen MR) is 300 cm³/mol. The van der Waals surface area contributed by atoms with Crippen LogP contribution in [-0.2, 0) is 0 Å². The van der Waals surface area contributed by atoms with Crippen molar-refractivity contribution in [1.82, 2.24) is 0 Å². The van der Waals surface area contributed by atoms with Crippen molar-refractivity contribution in [2.24, 2.45) is 0 Å². The van der Waals surface area contributed by atoms with Crippen molar-refractivity contribution in [3.63, 3.8) is 0 Å². The number of benzene rings is 12. The van der Waals surface area contributed by atoms with E-state index in [1.165, 1.54) is 38.6 Å². The average molecular weight is 907 g/mol. The van der Waals surface area contributed by atoms with Crippen LogP contribution in [0.3, 0.4) is 0 Å². The zero-order valence-corrected chi connectivity index (χ0v) is 38.9. The number of nitrogens with zero attached hydrogens (tertiary/aromatic N) is 2. The lowest BCUT2D eigenvalue weighted by molar-refractivity contribution is 0.673. The maximum absolute atomic E-state index is 7.10. The molecule has 3 nitrogen and oxygen atoms in total. The second-order valence-corrected chi connectivity index (χ2v) is 18.1. The minimum Gasteiger partial charge on any atom is -0.455 e. The lowest BCUT2D eigenvalue weighted by Gasteiger charge is -2.30. The quantitative estimate of drug-likeness (QED) is 0.136. The third-order valence-corrected chi connectivity index (χ3v) is 13.9. The molecule has 0 radical (unpaired) electrons. The molecule has 0 aliphatic heterocycles. The van der Waals surface area contributed by atoms with Crippen LogP contribution in [0.2, 0.25) is 0 Å². The molecule has 0 saturated carbocycles. The van der Waals surface area contributed by atoms with E-state index in [0.717, 1.165) is 83.5 Å². The summed E-state index contributed by atoms with van der Waals surface area (Å²) in [5.74, 6) is 0. The van der Waals surface area contributed by atoms with Gasteiger partial charge in [-0.05, 0) is 121 Å². The monoisotopic (exact) mass is 906 g/mol. The molecule has 0 bridgehead atoms. The number of anilines is 6. The Morgan fingerprint density at radius 1 is 0.254 bits per heavy atom. The molecule has 13 aromatic rings. The molecule has 0 saturated heterocycles. The lowest BCUT2D eigenvalue weighted by atomic mass is 9.96. The van der Waals surface area contributed by atoms with Crippen LogP contribution >= 0.6 is 0 Å². The zero-order chi connectivity index (χ0) is 47.1. The van der Waals surface area contributed by atoms with Gasteiger partial charge in [0.1, 0.15) is 11.2 Å². The Morgan fingerprint density at radius 3 is 1.27 bits per heavy atom. The topological polar surface area (TPSA) is 19.6 Å². The number of furan rings is 1. The third-order valence-electron chi connectivity index (χ3n) is 13.9. The molecule has 12 aromatic carbocycles. The van der Waals surface area contributed by atoms with E-state index in [0.29, 0.717) is 0 Å². The molecular formula is C68H46N2O. The summed E-state index contributed by atoms with van der Waals surface area (Å²) in [5, 5.41) is 6.85. The van der Waals surface area contributed by atoms with Gasteiger partial charge in [0.2, 0.25) is 0 Å². The normalized spacial score (nSPS) is 11.4. The van der Waals surface area contributed by atoms with E-state index in [9.17, 15) is 0 Å². The van der Waals surface area contributed by atoms with E-state index >= 15 is 0 Å². The molecule has 1 heterocycles. The Labute approximate surface area is 413 Å². The first-order valence-electron chi connectivity index (χ1n) is 24.2. The first-order chi connectivity index (χ1) is 35.2. The minimum absolute atomic E-state index is 0.809. The molecule has 13 rings (SSSR count). The zero-order valence-electron chi connectivity index (χ0n) is 38.9. The minimum atomic E-state index is 0.809. The van der Waals surface area contributed by atoms with Crippen LogP contribution in [0, 0.1) is 0 Å². The fourth-order valence-electron chi connectivity index (χ4n) is 10.3. The molecule has 334 valence electrons. The summed E-state index contributed by atoms with van der Waals surface area (Å²) in [7, 11) is 0. The van der Waals surface area contributed by atoms with Gasteiger partial charge in [-0.2, -0.15) is 0 Å². The molecule has 0 N–H and O–H groups in total. The Bertz CT molecular complexity index is 3990. The van der Waals surface area contributed by atoms with Crippen LogP contribution in [0.5, 0.6) is 0 Å². The molecular weight excluding hydrogens is 861 g/mol. The summed E-state index contributed by atoms with van der Waals surface area (Å²) < 4.78 is 7.10. The highest BCUT2D eigenvalue weighted by Crippen LogP contribution is 2.49. The van der Waals surface area contributed by atoms with E-state index in [4.69, 9.17) is 4.42 Å². The second-order valence-electron chi connectivity index (χ2n) is 18.1. The van der Waals surface area contributed by atoms with Crippen molar-refractivity contribution < 1.29 is 4.42 Å². The first kappa shape index (κ1) is 41.7. The number of rotatable bonds is 10. The van der Waals surface area contributed by atoms with Crippen molar-refractivity contribution in [3.8, 4) is 44.5 Å². The molecule has 0 amide bonds. The lowest BCUT2D eigenvalue weighted by Crippen LogP contribution is -2.13. The molecule has 3 heteroatoms. The highest BCUT2D eigenvalue weighted by Gasteiger charge is 2.24. The Balaban J connectivity index is 0.944. The van der Waals surface area contributed by atoms with Gasteiger partial charge in [-0.1, -0.05) is 212 Å². The number of hydrogen-bond donors (Lipinski definition) is 0. The van der Waals surface area contributed by atoms with Gasteiger partial charge in [0.15, 0.2) is 0 Å². The van der Waals surface area contributed by atoms with E-state index in [1.54, 1.807) is 0 Å². The van der Waals surface area contributed by atoms with Crippen LogP contribution in [0.1, 0.15) is 0 Å². The average Bonchev–Trinajstić information content (AvgIpc) is 3.84. The van der Waals surface area contributed by atoms with Crippen molar-refractivity contribution in [1.29, 1.82) is 0 Å². The summed E-state index contributed by atoms with van der Waals surface area (Å²) in [6.07, 6.45) is 0. The fraction of sp³-hybridized carbons (Fsp3) is 0. The van der Waals surface area contributed by atoms with Gasteiger partial charge in [-0.3, -0.25) is 0 Å². The highest BCUT2D eigenvalue weighted by molar-refractivity contribution is 6.20. The fourth-order valence-corrected chi connectivity index (χ4v) is 10.3. The maximum atomic E-state index is 7.10. The van der Waals surface area contributed by atoms with Crippen LogP contribution in [-0.4, -0.2) is 0 Å². The molecule has 0 aliphatic rings. The van der Waals surface area contributed by atoms with Crippen LogP contribution < -0.4 is 9.80 Å². The standard InChI is InChI=1S/C68H46N2O/c1-4-15-47(16-5-1)48-27-29-49(30-28-48)51-35-40-58(41-36-51)69(56-20-6-2-7-21-56)60-45-65(67-64-44-39-54-18-11-13-25-63(54)68(64)71-66(67)46-60)70(57-22-8-3-9-23-57)59-42-37-52(38-43-59)50-31-33-55(34-32-50)62-26-14-19-53-17-10-12-24-61(53)62/h1-46H. The third kappa shape index (κ3) is 7.76. The van der Waals surface area contributed by atoms with Crippen molar-refractivity contribution in [3.05, 3.63) is 279 Å². The molecule has 0 fully saturated rings. The number of para-hydroxylation sites is 2. The number of fused-ring (bicyclic) bond motifs is 6. The Hall–Kier alpha value is -9.44. The largest absolute Gasteiger partial charge is 0.455 e. The van der Waals surface area contributed by atoms with Gasteiger partial charge in [0.25, 0.3) is 0 Å². The summed E-state index contributed by atoms with van der Waals surface area (Å²) >= 11 is 0. The van der Waals surface area contributed by atoms with Crippen LogP contribution in [0.15, 0.2) is 283 Å².